The first-order chi connectivity index (χ1) is 5.16. The lowest BCUT2D eigenvalue weighted by atomic mass is 10.1. The van der Waals surface area contributed by atoms with Gasteiger partial charge in [0.05, 0.1) is 0 Å². The lowest BCUT2D eigenvalue weighted by molar-refractivity contribution is -0.0186. The van der Waals surface area contributed by atoms with Crippen LogP contribution >= 0.6 is 11.8 Å². The van der Waals surface area contributed by atoms with Crippen LogP contribution in [0.15, 0.2) is 0 Å². The summed E-state index contributed by atoms with van der Waals surface area (Å²) in [6.07, 6.45) is 1.24. The molecule has 68 valence electrons. The largest absolute Gasteiger partial charge is 0.367 e. The second-order valence-electron chi connectivity index (χ2n) is 2.86. The van der Waals surface area contributed by atoms with Crippen LogP contribution in [0.5, 0.6) is 0 Å². The molecule has 0 aliphatic carbocycles. The minimum absolute atomic E-state index is 0.441. The molecule has 2 nitrogen and oxygen atoms in total. The van der Waals surface area contributed by atoms with Crippen LogP contribution in [0.3, 0.4) is 0 Å². The van der Waals surface area contributed by atoms with Crippen LogP contribution in [0.4, 0.5) is 0 Å². The van der Waals surface area contributed by atoms with E-state index in [9.17, 15) is 0 Å². The molecule has 1 atom stereocenters. The highest BCUT2D eigenvalue weighted by molar-refractivity contribution is 7.99. The van der Waals surface area contributed by atoms with E-state index >= 15 is 0 Å². The Morgan fingerprint density at radius 3 is 2.45 bits per heavy atom. The second kappa shape index (κ2) is 6.95. The van der Waals surface area contributed by atoms with Crippen molar-refractivity contribution in [2.45, 2.75) is 33.0 Å². The maximum Gasteiger partial charge on any atom is 0.160 e. The zero-order chi connectivity index (χ0) is 8.69. The van der Waals surface area contributed by atoms with Crippen LogP contribution < -0.4 is 0 Å². The van der Waals surface area contributed by atoms with Crippen molar-refractivity contribution in [1.82, 2.24) is 0 Å². The van der Waals surface area contributed by atoms with Gasteiger partial charge in [0.1, 0.15) is 0 Å². The predicted octanol–water partition coefficient (Wildman–Crippen LogP) is 1.47. The number of rotatable bonds is 6. The van der Waals surface area contributed by atoms with Crippen LogP contribution in [-0.2, 0) is 0 Å². The van der Waals surface area contributed by atoms with E-state index in [1.54, 1.807) is 11.8 Å². The molecule has 0 saturated heterocycles. The monoisotopic (exact) mass is 178 g/mol. The van der Waals surface area contributed by atoms with Gasteiger partial charge < -0.3 is 10.2 Å². The number of hydrogen-bond donors (Lipinski definition) is 2. The van der Waals surface area contributed by atoms with Gasteiger partial charge in [-0.25, -0.2) is 0 Å². The van der Waals surface area contributed by atoms with E-state index in [2.05, 4.69) is 13.8 Å². The summed E-state index contributed by atoms with van der Waals surface area (Å²) in [5, 5.41) is 17.0. The molecule has 0 aromatic rings. The van der Waals surface area contributed by atoms with Crippen molar-refractivity contribution in [2.24, 2.45) is 5.92 Å². The fourth-order valence-electron chi connectivity index (χ4n) is 0.677. The Morgan fingerprint density at radius 2 is 2.00 bits per heavy atom. The van der Waals surface area contributed by atoms with Crippen LogP contribution in [0, 0.1) is 5.92 Å². The van der Waals surface area contributed by atoms with Gasteiger partial charge in [-0.05, 0) is 18.1 Å². The molecule has 1 unspecified atom stereocenters. The molecule has 0 spiro atoms. The van der Waals surface area contributed by atoms with Crippen LogP contribution in [0.2, 0.25) is 0 Å². The lowest BCUT2D eigenvalue weighted by Gasteiger charge is -2.07. The minimum atomic E-state index is -1.14. The predicted molar refractivity (Wildman–Crippen MR) is 49.6 cm³/mol. The van der Waals surface area contributed by atoms with Gasteiger partial charge >= 0.3 is 0 Å². The number of aliphatic hydroxyl groups excluding tert-OH is 1. The third kappa shape index (κ3) is 8.17. The first-order valence-corrected chi connectivity index (χ1v) is 5.26. The molecule has 0 aromatic heterocycles. The molecular weight excluding hydrogens is 160 g/mol. The topological polar surface area (TPSA) is 40.5 Å². The van der Waals surface area contributed by atoms with E-state index in [0.717, 1.165) is 11.7 Å². The first-order valence-electron chi connectivity index (χ1n) is 4.10. The molecule has 0 amide bonds. The summed E-state index contributed by atoms with van der Waals surface area (Å²) in [7, 11) is 0. The molecule has 0 aromatic carbocycles. The van der Waals surface area contributed by atoms with Crippen molar-refractivity contribution in [3.63, 3.8) is 0 Å². The van der Waals surface area contributed by atoms with Crippen molar-refractivity contribution < 1.29 is 10.2 Å². The maximum atomic E-state index is 8.51. The second-order valence-corrected chi connectivity index (χ2v) is 4.01. The van der Waals surface area contributed by atoms with Crippen molar-refractivity contribution in [2.75, 3.05) is 11.5 Å². The Labute approximate surface area is 73.0 Å². The summed E-state index contributed by atoms with van der Waals surface area (Å²) in [5.41, 5.74) is 0. The fraction of sp³-hybridized carbons (Fsp3) is 1.00. The molecule has 0 bridgehead atoms. The Morgan fingerprint density at radius 1 is 1.36 bits per heavy atom. The molecule has 0 aliphatic rings. The third-order valence-corrected chi connectivity index (χ3v) is 2.78. The van der Waals surface area contributed by atoms with Crippen LogP contribution in [0.25, 0.3) is 0 Å². The van der Waals surface area contributed by atoms with E-state index in [1.165, 1.54) is 12.8 Å². The van der Waals surface area contributed by atoms with Gasteiger partial charge in [0, 0.05) is 5.75 Å². The number of hydrogen-bond acceptors (Lipinski definition) is 3. The van der Waals surface area contributed by atoms with Crippen LogP contribution in [-0.4, -0.2) is 28.0 Å². The molecule has 11 heavy (non-hydrogen) atoms. The van der Waals surface area contributed by atoms with E-state index < -0.39 is 6.29 Å². The van der Waals surface area contributed by atoms with Gasteiger partial charge in [-0.3, -0.25) is 0 Å². The van der Waals surface area contributed by atoms with Crippen molar-refractivity contribution in [3.8, 4) is 0 Å². The third-order valence-electron chi connectivity index (χ3n) is 1.72. The highest BCUT2D eigenvalue weighted by atomic mass is 32.2. The Kier molecular flexibility index (Phi) is 7.12. The zero-order valence-electron chi connectivity index (χ0n) is 7.29. The molecule has 0 aliphatic heterocycles. The van der Waals surface area contributed by atoms with Crippen LogP contribution in [0.1, 0.15) is 26.7 Å². The van der Waals surface area contributed by atoms with E-state index in [4.69, 9.17) is 10.2 Å². The zero-order valence-corrected chi connectivity index (χ0v) is 8.10. The SMILES string of the molecule is CCC(C)CCSCC(O)O. The molecule has 3 heteroatoms. The van der Waals surface area contributed by atoms with Gasteiger partial charge in [0.2, 0.25) is 0 Å². The Balaban J connectivity index is 3.01. The maximum absolute atomic E-state index is 8.51. The number of thioether (sulfide) groups is 1. The Hall–Kier alpha value is 0.270. The average molecular weight is 178 g/mol. The highest BCUT2D eigenvalue weighted by Crippen LogP contribution is 2.12. The molecule has 0 fully saturated rings. The average Bonchev–Trinajstić information content (AvgIpc) is 1.97. The molecule has 0 rings (SSSR count). The molecule has 0 radical (unpaired) electrons. The quantitative estimate of drug-likeness (QED) is 0.478. The summed E-state index contributed by atoms with van der Waals surface area (Å²) < 4.78 is 0. The fourth-order valence-corrected chi connectivity index (χ4v) is 1.62. The van der Waals surface area contributed by atoms with E-state index in [1.807, 2.05) is 0 Å². The summed E-state index contributed by atoms with van der Waals surface area (Å²) in [6.45, 7) is 4.39. The Bertz CT molecular complexity index is 86.2. The van der Waals surface area contributed by atoms with E-state index in [-0.39, 0.29) is 0 Å². The number of aliphatic hydroxyl groups is 2. The molecular formula is C8H18O2S. The minimum Gasteiger partial charge on any atom is -0.367 e. The van der Waals surface area contributed by atoms with Crippen molar-refractivity contribution in [3.05, 3.63) is 0 Å². The standard InChI is InChI=1S/C8H18O2S/c1-3-7(2)4-5-11-6-8(9)10/h7-10H,3-6H2,1-2H3. The van der Waals surface area contributed by atoms with Gasteiger partial charge in [-0.1, -0.05) is 20.3 Å². The van der Waals surface area contributed by atoms with Gasteiger partial charge in [0.25, 0.3) is 0 Å². The smallest absolute Gasteiger partial charge is 0.160 e. The molecule has 2 N–H and O–H groups in total. The summed E-state index contributed by atoms with van der Waals surface area (Å²) >= 11 is 1.61. The van der Waals surface area contributed by atoms with Crippen molar-refractivity contribution in [1.29, 1.82) is 0 Å². The van der Waals surface area contributed by atoms with Gasteiger partial charge in [-0.15, -0.1) is 0 Å². The summed E-state index contributed by atoms with van der Waals surface area (Å²) in [5.74, 6) is 2.24. The molecule has 0 heterocycles. The normalized spacial score (nSPS) is 13.9. The van der Waals surface area contributed by atoms with Gasteiger partial charge in [0.15, 0.2) is 6.29 Å². The van der Waals surface area contributed by atoms with Crippen molar-refractivity contribution >= 4 is 11.8 Å². The first kappa shape index (κ1) is 11.3. The van der Waals surface area contributed by atoms with E-state index in [0.29, 0.717) is 5.75 Å². The summed E-state index contributed by atoms with van der Waals surface area (Å²) in [6, 6.07) is 0. The summed E-state index contributed by atoms with van der Waals surface area (Å²) in [4.78, 5) is 0. The highest BCUT2D eigenvalue weighted by Gasteiger charge is 2.00. The van der Waals surface area contributed by atoms with Gasteiger partial charge in [-0.2, -0.15) is 11.8 Å². The lowest BCUT2D eigenvalue weighted by Crippen LogP contribution is -2.08. The molecule has 0 saturated carbocycles.